The molecule has 0 aromatic heterocycles. The van der Waals surface area contributed by atoms with Crippen LogP contribution < -0.4 is 4.72 Å². The first kappa shape index (κ1) is 17.6. The Hall–Kier alpha value is -1.47. The highest BCUT2D eigenvalue weighted by Gasteiger charge is 2.26. The largest absolute Gasteiger partial charge is 0.481 e. The van der Waals surface area contributed by atoms with E-state index >= 15 is 0 Å². The molecule has 0 amide bonds. The Balaban J connectivity index is 2.82. The van der Waals surface area contributed by atoms with Crippen molar-refractivity contribution in [3.63, 3.8) is 0 Å². The van der Waals surface area contributed by atoms with E-state index in [2.05, 4.69) is 4.72 Å². The number of benzene rings is 1. The summed E-state index contributed by atoms with van der Waals surface area (Å²) < 4.78 is 39.3. The zero-order chi connectivity index (χ0) is 16.3. The number of hydrogen-bond acceptors (Lipinski definition) is 3. The van der Waals surface area contributed by atoms with E-state index in [1.54, 1.807) is 0 Å². The molecule has 0 fully saturated rings. The van der Waals surface area contributed by atoms with Crippen molar-refractivity contribution in [1.82, 2.24) is 4.72 Å². The van der Waals surface area contributed by atoms with Crippen molar-refractivity contribution >= 4 is 16.0 Å². The van der Waals surface area contributed by atoms with Crippen LogP contribution in [-0.4, -0.2) is 26.0 Å². The van der Waals surface area contributed by atoms with Crippen LogP contribution in [0.4, 0.5) is 4.39 Å². The third kappa shape index (κ3) is 5.81. The number of halogens is 1. The lowest BCUT2D eigenvalue weighted by Crippen LogP contribution is -2.35. The van der Waals surface area contributed by atoms with Gasteiger partial charge in [0.2, 0.25) is 10.0 Å². The minimum absolute atomic E-state index is 0.220. The Morgan fingerprint density at radius 2 is 2.00 bits per heavy atom. The van der Waals surface area contributed by atoms with E-state index in [0.29, 0.717) is 6.42 Å². The average Bonchev–Trinajstić information content (AvgIpc) is 2.33. The second kappa shape index (κ2) is 6.53. The number of rotatable bonds is 6. The maximum absolute atomic E-state index is 13.1. The highest BCUT2D eigenvalue weighted by Crippen LogP contribution is 2.24. The summed E-state index contributed by atoms with van der Waals surface area (Å²) in [5.74, 6) is -2.57. The first-order chi connectivity index (χ1) is 9.51. The number of nitrogens with one attached hydrogen (secondary N) is 1. The van der Waals surface area contributed by atoms with Gasteiger partial charge in [-0.3, -0.25) is 4.79 Å². The van der Waals surface area contributed by atoms with Crippen molar-refractivity contribution in [1.29, 1.82) is 0 Å². The molecule has 0 spiro atoms. The van der Waals surface area contributed by atoms with Gasteiger partial charge in [-0.1, -0.05) is 26.8 Å². The van der Waals surface area contributed by atoms with Gasteiger partial charge in [0.15, 0.2) is 0 Å². The van der Waals surface area contributed by atoms with Gasteiger partial charge in [-0.15, -0.1) is 0 Å². The summed E-state index contributed by atoms with van der Waals surface area (Å²) in [7, 11) is -3.92. The topological polar surface area (TPSA) is 83.5 Å². The standard InChI is InChI=1S/C14H20FNO4S/c1-14(2,3)8-10(13(17)18)9-16-21(19,20)12-6-4-5-11(15)7-12/h4-7,10,16H,8-9H2,1-3H3,(H,17,18). The zero-order valence-electron chi connectivity index (χ0n) is 12.3. The summed E-state index contributed by atoms with van der Waals surface area (Å²) >= 11 is 0. The molecule has 0 aliphatic heterocycles. The van der Waals surface area contributed by atoms with Gasteiger partial charge in [0.25, 0.3) is 0 Å². The lowest BCUT2D eigenvalue weighted by molar-refractivity contribution is -0.142. The molecule has 0 radical (unpaired) electrons. The average molecular weight is 317 g/mol. The molecule has 1 aromatic rings. The van der Waals surface area contributed by atoms with Crippen LogP contribution in [0.1, 0.15) is 27.2 Å². The second-order valence-corrected chi connectivity index (χ2v) is 7.88. The molecule has 0 heterocycles. The van der Waals surface area contributed by atoms with Crippen LogP contribution >= 0.6 is 0 Å². The van der Waals surface area contributed by atoms with Gasteiger partial charge < -0.3 is 5.11 Å². The van der Waals surface area contributed by atoms with Gasteiger partial charge in [0.1, 0.15) is 5.82 Å². The maximum atomic E-state index is 13.1. The molecular weight excluding hydrogens is 297 g/mol. The Kier molecular flexibility index (Phi) is 5.47. The van der Waals surface area contributed by atoms with E-state index in [4.69, 9.17) is 5.11 Å². The Bertz CT molecular complexity index is 608. The number of hydrogen-bond donors (Lipinski definition) is 2. The van der Waals surface area contributed by atoms with E-state index in [0.717, 1.165) is 12.1 Å². The van der Waals surface area contributed by atoms with E-state index in [-0.39, 0.29) is 16.9 Å². The monoisotopic (exact) mass is 317 g/mol. The lowest BCUT2D eigenvalue weighted by atomic mass is 9.85. The summed E-state index contributed by atoms with van der Waals surface area (Å²) in [6.45, 7) is 5.41. The van der Waals surface area contributed by atoms with Gasteiger partial charge in [-0.25, -0.2) is 17.5 Å². The minimum Gasteiger partial charge on any atom is -0.481 e. The molecule has 21 heavy (non-hydrogen) atoms. The van der Waals surface area contributed by atoms with Crippen LogP contribution in [-0.2, 0) is 14.8 Å². The number of carboxylic acid groups (broad SMARTS) is 1. The first-order valence-electron chi connectivity index (χ1n) is 6.49. The summed E-state index contributed by atoms with van der Waals surface area (Å²) in [5.41, 5.74) is -0.243. The fourth-order valence-electron chi connectivity index (χ4n) is 1.91. The number of sulfonamides is 1. The fraction of sp³-hybridized carbons (Fsp3) is 0.500. The van der Waals surface area contributed by atoms with Crippen molar-refractivity contribution in [2.45, 2.75) is 32.1 Å². The number of aliphatic carboxylic acids is 1. The molecule has 0 aliphatic rings. The van der Waals surface area contributed by atoms with E-state index in [1.165, 1.54) is 12.1 Å². The van der Waals surface area contributed by atoms with E-state index in [9.17, 15) is 17.6 Å². The van der Waals surface area contributed by atoms with Crippen LogP contribution in [0, 0.1) is 17.2 Å². The van der Waals surface area contributed by atoms with Gasteiger partial charge >= 0.3 is 5.97 Å². The summed E-state index contributed by atoms with van der Waals surface area (Å²) in [6, 6.07) is 4.57. The molecule has 1 rings (SSSR count). The third-order valence-corrected chi connectivity index (χ3v) is 4.26. The highest BCUT2D eigenvalue weighted by atomic mass is 32.2. The molecule has 0 aliphatic carbocycles. The van der Waals surface area contributed by atoms with Crippen LogP contribution in [0.2, 0.25) is 0 Å². The molecule has 1 atom stereocenters. The molecule has 0 saturated heterocycles. The number of carboxylic acids is 1. The van der Waals surface area contributed by atoms with Crippen LogP contribution in [0.15, 0.2) is 29.2 Å². The molecule has 7 heteroatoms. The summed E-state index contributed by atoms with van der Waals surface area (Å²) in [4.78, 5) is 11.0. The minimum atomic E-state index is -3.92. The third-order valence-electron chi connectivity index (χ3n) is 2.83. The molecule has 118 valence electrons. The van der Waals surface area contributed by atoms with Crippen molar-refractivity contribution in [3.8, 4) is 0 Å². The van der Waals surface area contributed by atoms with Gasteiger partial charge in [0.05, 0.1) is 10.8 Å². The molecule has 1 unspecified atom stereocenters. The van der Waals surface area contributed by atoms with Crippen LogP contribution in [0.3, 0.4) is 0 Å². The maximum Gasteiger partial charge on any atom is 0.307 e. The van der Waals surface area contributed by atoms with Gasteiger partial charge in [-0.2, -0.15) is 0 Å². The SMILES string of the molecule is CC(C)(C)CC(CNS(=O)(=O)c1cccc(F)c1)C(=O)O. The van der Waals surface area contributed by atoms with Crippen LogP contribution in [0.5, 0.6) is 0 Å². The van der Waals surface area contributed by atoms with E-state index < -0.39 is 27.7 Å². The van der Waals surface area contributed by atoms with Crippen molar-refractivity contribution in [2.24, 2.45) is 11.3 Å². The van der Waals surface area contributed by atoms with Crippen LogP contribution in [0.25, 0.3) is 0 Å². The lowest BCUT2D eigenvalue weighted by Gasteiger charge is -2.23. The van der Waals surface area contributed by atoms with E-state index in [1.807, 2.05) is 20.8 Å². The molecule has 1 aromatic carbocycles. The Morgan fingerprint density at radius 3 is 2.48 bits per heavy atom. The van der Waals surface area contributed by atoms with Gasteiger partial charge in [-0.05, 0) is 30.0 Å². The molecular formula is C14H20FNO4S. The second-order valence-electron chi connectivity index (χ2n) is 6.11. The fourth-order valence-corrected chi connectivity index (χ4v) is 3.03. The molecule has 2 N–H and O–H groups in total. The van der Waals surface area contributed by atoms with Gasteiger partial charge in [0, 0.05) is 6.54 Å². The van der Waals surface area contributed by atoms with Crippen molar-refractivity contribution < 1.29 is 22.7 Å². The summed E-state index contributed by atoms with van der Waals surface area (Å²) in [5, 5.41) is 9.15. The molecule has 0 bridgehead atoms. The normalized spacial score (nSPS) is 13.9. The quantitative estimate of drug-likeness (QED) is 0.843. The Morgan fingerprint density at radius 1 is 1.38 bits per heavy atom. The number of carbonyl (C=O) groups is 1. The molecule has 5 nitrogen and oxygen atoms in total. The first-order valence-corrected chi connectivity index (χ1v) is 7.98. The van der Waals surface area contributed by atoms with Crippen molar-refractivity contribution in [2.75, 3.05) is 6.54 Å². The zero-order valence-corrected chi connectivity index (χ0v) is 13.1. The predicted octanol–water partition coefficient (Wildman–Crippen LogP) is 2.24. The van der Waals surface area contributed by atoms with Crippen molar-refractivity contribution in [3.05, 3.63) is 30.1 Å². The predicted molar refractivity (Wildman–Crippen MR) is 76.8 cm³/mol. The smallest absolute Gasteiger partial charge is 0.307 e. The summed E-state index contributed by atoms with van der Waals surface area (Å²) in [6.07, 6.45) is 0.327. The molecule has 0 saturated carbocycles. The Labute approximate surface area is 124 Å². The highest BCUT2D eigenvalue weighted by molar-refractivity contribution is 7.89.